The van der Waals surface area contributed by atoms with Gasteiger partial charge in [-0.3, -0.25) is 9.59 Å². The lowest BCUT2D eigenvalue weighted by atomic mass is 9.95. The van der Waals surface area contributed by atoms with E-state index >= 15 is 0 Å². The van der Waals surface area contributed by atoms with E-state index in [1.807, 2.05) is 0 Å². The van der Waals surface area contributed by atoms with Crippen LogP contribution in [0.2, 0.25) is 0 Å². The van der Waals surface area contributed by atoms with Crippen molar-refractivity contribution in [3.05, 3.63) is 16.8 Å². The Bertz CT molecular complexity index is 866. The molecule has 4 rings (SSSR count). The number of piperidine rings is 1. The number of ether oxygens (including phenoxy) is 1. The van der Waals surface area contributed by atoms with Gasteiger partial charge < -0.3 is 15.0 Å². The van der Waals surface area contributed by atoms with Gasteiger partial charge in [-0.25, -0.2) is 9.97 Å². The molecule has 7 nitrogen and oxygen atoms in total. The minimum absolute atomic E-state index is 0.0817. The summed E-state index contributed by atoms with van der Waals surface area (Å²) in [7, 11) is 1.32. The molecule has 0 aromatic carbocycles. The number of hydrogen-bond acceptors (Lipinski definition) is 7. The quantitative estimate of drug-likeness (QED) is 0.808. The average molecular weight is 388 g/mol. The number of amides is 1. The van der Waals surface area contributed by atoms with Gasteiger partial charge in [0, 0.05) is 18.0 Å². The summed E-state index contributed by atoms with van der Waals surface area (Å²) < 4.78 is 4.59. The van der Waals surface area contributed by atoms with Crippen molar-refractivity contribution in [3.63, 3.8) is 0 Å². The molecule has 144 valence electrons. The molecule has 2 aromatic rings. The Morgan fingerprint density at radius 3 is 3.00 bits per heavy atom. The first-order valence-corrected chi connectivity index (χ1v) is 10.3. The Hall–Kier alpha value is -2.22. The number of aryl methyl sites for hydroxylation is 2. The summed E-state index contributed by atoms with van der Waals surface area (Å²) in [6.07, 6.45) is 8.07. The molecule has 1 atom stereocenters. The van der Waals surface area contributed by atoms with Gasteiger partial charge >= 0.3 is 5.97 Å². The van der Waals surface area contributed by atoms with Crippen LogP contribution in [0.4, 0.5) is 5.82 Å². The Morgan fingerprint density at radius 1 is 1.30 bits per heavy atom. The molecule has 2 aromatic heterocycles. The topological polar surface area (TPSA) is 84.4 Å². The van der Waals surface area contributed by atoms with Gasteiger partial charge in [-0.2, -0.15) is 0 Å². The molecule has 0 bridgehead atoms. The number of nitrogens with one attached hydrogen (secondary N) is 1. The maximum Gasteiger partial charge on any atom is 0.325 e. The number of anilines is 1. The van der Waals surface area contributed by atoms with E-state index in [0.29, 0.717) is 6.54 Å². The van der Waals surface area contributed by atoms with Gasteiger partial charge in [-0.1, -0.05) is 0 Å². The van der Waals surface area contributed by atoms with Crippen molar-refractivity contribution in [3.8, 4) is 0 Å². The largest absolute Gasteiger partial charge is 0.468 e. The molecule has 0 spiro atoms. The van der Waals surface area contributed by atoms with Crippen LogP contribution in [-0.2, 0) is 27.2 Å². The predicted molar refractivity (Wildman–Crippen MR) is 104 cm³/mol. The highest BCUT2D eigenvalue weighted by atomic mass is 32.1. The number of carbonyl (C=O) groups is 2. The molecule has 1 unspecified atom stereocenters. The summed E-state index contributed by atoms with van der Waals surface area (Å²) in [6, 6.07) is 0. The van der Waals surface area contributed by atoms with Crippen molar-refractivity contribution in [1.29, 1.82) is 0 Å². The van der Waals surface area contributed by atoms with E-state index in [1.54, 1.807) is 17.7 Å². The first-order chi connectivity index (χ1) is 13.2. The van der Waals surface area contributed by atoms with Crippen molar-refractivity contribution < 1.29 is 14.3 Å². The summed E-state index contributed by atoms with van der Waals surface area (Å²) in [6.45, 7) is 1.42. The summed E-state index contributed by atoms with van der Waals surface area (Å²) in [5.74, 6) is 0.286. The molecule has 8 heteroatoms. The Morgan fingerprint density at radius 2 is 2.15 bits per heavy atom. The van der Waals surface area contributed by atoms with Crippen LogP contribution >= 0.6 is 11.3 Å². The molecule has 3 heterocycles. The summed E-state index contributed by atoms with van der Waals surface area (Å²) in [5, 5.41) is 3.87. The van der Waals surface area contributed by atoms with E-state index in [0.717, 1.165) is 42.9 Å². The van der Waals surface area contributed by atoms with Gasteiger partial charge in [0.2, 0.25) is 5.91 Å². The average Bonchev–Trinajstić information content (AvgIpc) is 3.10. The summed E-state index contributed by atoms with van der Waals surface area (Å²) >= 11 is 1.79. The highest BCUT2D eigenvalue weighted by Gasteiger charge is 2.29. The number of thiophene rings is 1. The third kappa shape index (κ3) is 3.63. The van der Waals surface area contributed by atoms with Gasteiger partial charge in [-0.15, -0.1) is 11.3 Å². The molecule has 1 aliphatic carbocycles. The van der Waals surface area contributed by atoms with Crippen LogP contribution in [0.25, 0.3) is 10.2 Å². The number of aromatic nitrogens is 2. The molecule has 0 radical (unpaired) electrons. The molecule has 1 fully saturated rings. The fraction of sp³-hybridized carbons (Fsp3) is 0.579. The van der Waals surface area contributed by atoms with E-state index in [-0.39, 0.29) is 18.4 Å². The first kappa shape index (κ1) is 18.2. The normalized spacial score (nSPS) is 19.6. The lowest BCUT2D eigenvalue weighted by molar-refractivity contribution is -0.141. The maximum atomic E-state index is 12.5. The lowest BCUT2D eigenvalue weighted by Gasteiger charge is -2.33. The Labute approximate surface area is 162 Å². The fourth-order valence-electron chi connectivity index (χ4n) is 4.07. The monoisotopic (exact) mass is 388 g/mol. The second-order valence-electron chi connectivity index (χ2n) is 7.17. The molecule has 1 saturated heterocycles. The molecule has 27 heavy (non-hydrogen) atoms. The molecule has 0 saturated carbocycles. The highest BCUT2D eigenvalue weighted by molar-refractivity contribution is 7.19. The Kier molecular flexibility index (Phi) is 5.24. The summed E-state index contributed by atoms with van der Waals surface area (Å²) in [4.78, 5) is 37.6. The summed E-state index contributed by atoms with van der Waals surface area (Å²) in [5.41, 5.74) is 1.41. The van der Waals surface area contributed by atoms with Crippen LogP contribution in [-0.4, -0.2) is 48.6 Å². The number of methoxy groups -OCH3 is 1. The van der Waals surface area contributed by atoms with Crippen LogP contribution in [0.5, 0.6) is 0 Å². The van der Waals surface area contributed by atoms with Crippen LogP contribution in [0, 0.1) is 5.92 Å². The van der Waals surface area contributed by atoms with Crippen LogP contribution < -0.4 is 10.2 Å². The highest BCUT2D eigenvalue weighted by Crippen LogP contribution is 2.40. The van der Waals surface area contributed by atoms with E-state index in [4.69, 9.17) is 0 Å². The smallest absolute Gasteiger partial charge is 0.325 e. The first-order valence-electron chi connectivity index (χ1n) is 9.52. The van der Waals surface area contributed by atoms with E-state index in [2.05, 4.69) is 24.9 Å². The molecule has 2 aliphatic rings. The number of fused-ring (bicyclic) bond motifs is 3. The second kappa shape index (κ2) is 7.80. The number of hydrogen-bond donors (Lipinski definition) is 1. The predicted octanol–water partition coefficient (Wildman–Crippen LogP) is 2.08. The molecular formula is C19H24N4O3S. The zero-order valence-electron chi connectivity index (χ0n) is 15.5. The van der Waals surface area contributed by atoms with Crippen molar-refractivity contribution in [2.75, 3.05) is 31.6 Å². The third-order valence-electron chi connectivity index (χ3n) is 5.46. The van der Waals surface area contributed by atoms with Crippen LogP contribution in [0.15, 0.2) is 6.33 Å². The van der Waals surface area contributed by atoms with Gasteiger partial charge in [0.05, 0.1) is 18.4 Å². The maximum absolute atomic E-state index is 12.5. The Balaban J connectivity index is 1.56. The molecule has 1 N–H and O–H groups in total. The number of carbonyl (C=O) groups excluding carboxylic acids is 2. The van der Waals surface area contributed by atoms with Gasteiger partial charge in [0.1, 0.15) is 23.5 Å². The minimum atomic E-state index is -0.432. The van der Waals surface area contributed by atoms with E-state index in [1.165, 1.54) is 35.8 Å². The van der Waals surface area contributed by atoms with Crippen molar-refractivity contribution in [2.45, 2.75) is 38.5 Å². The van der Waals surface area contributed by atoms with Gasteiger partial charge in [0.25, 0.3) is 0 Å². The van der Waals surface area contributed by atoms with E-state index in [9.17, 15) is 9.59 Å². The van der Waals surface area contributed by atoms with Gasteiger partial charge in [-0.05, 0) is 44.1 Å². The SMILES string of the molecule is COC(=O)CNC(=O)C1CCCN(c2ncnc3sc4c(c23)CCCC4)C1. The zero-order chi connectivity index (χ0) is 18.8. The lowest BCUT2D eigenvalue weighted by Crippen LogP contribution is -2.44. The number of esters is 1. The standard InChI is InChI=1S/C19H24N4O3S/c1-26-15(24)9-20-18(25)12-5-4-8-23(10-12)17-16-13-6-2-3-7-14(13)27-19(16)22-11-21-17/h11-12H,2-10H2,1H3,(H,20,25). The van der Waals surface area contributed by atoms with E-state index < -0.39 is 5.97 Å². The molecule has 1 amide bonds. The third-order valence-corrected chi connectivity index (χ3v) is 6.66. The number of rotatable bonds is 4. The van der Waals surface area contributed by atoms with Crippen molar-refractivity contribution >= 4 is 39.2 Å². The van der Waals surface area contributed by atoms with Crippen molar-refractivity contribution in [1.82, 2.24) is 15.3 Å². The fourth-order valence-corrected chi connectivity index (χ4v) is 5.30. The van der Waals surface area contributed by atoms with Crippen LogP contribution in [0.3, 0.4) is 0 Å². The zero-order valence-corrected chi connectivity index (χ0v) is 16.3. The van der Waals surface area contributed by atoms with Crippen LogP contribution in [0.1, 0.15) is 36.1 Å². The molecule has 1 aliphatic heterocycles. The van der Waals surface area contributed by atoms with Gasteiger partial charge in [0.15, 0.2) is 0 Å². The van der Waals surface area contributed by atoms with Crippen molar-refractivity contribution in [2.24, 2.45) is 5.92 Å². The second-order valence-corrected chi connectivity index (χ2v) is 8.25. The number of nitrogens with zero attached hydrogens (tertiary/aromatic N) is 3. The minimum Gasteiger partial charge on any atom is -0.468 e. The molecular weight excluding hydrogens is 364 g/mol.